The summed E-state index contributed by atoms with van der Waals surface area (Å²) in [5.41, 5.74) is 1.58. The molecule has 2 aromatic rings. The first-order valence-corrected chi connectivity index (χ1v) is 5.78. The van der Waals surface area contributed by atoms with Crippen molar-refractivity contribution < 1.29 is 14.2 Å². The Morgan fingerprint density at radius 1 is 1.11 bits per heavy atom. The number of aryl methyl sites for hydroxylation is 1. The molecule has 0 heterocycles. The van der Waals surface area contributed by atoms with Gasteiger partial charge in [0.05, 0.1) is 6.10 Å². The van der Waals surface area contributed by atoms with E-state index in [1.807, 2.05) is 31.2 Å². The summed E-state index contributed by atoms with van der Waals surface area (Å²) in [6, 6.07) is 11.7. The second-order valence-corrected chi connectivity index (χ2v) is 4.27. The highest BCUT2D eigenvalue weighted by Crippen LogP contribution is 2.30. The van der Waals surface area contributed by atoms with Gasteiger partial charge in [-0.05, 0) is 44.2 Å². The van der Waals surface area contributed by atoms with Gasteiger partial charge in [-0.3, -0.25) is 0 Å². The molecule has 0 aromatic heterocycles. The fraction of sp³-hybridized carbons (Fsp3) is 0.200. The van der Waals surface area contributed by atoms with Crippen molar-refractivity contribution in [2.45, 2.75) is 20.0 Å². The van der Waals surface area contributed by atoms with Crippen LogP contribution in [0.3, 0.4) is 0 Å². The molecular weight excluding hydrogens is 231 g/mol. The zero-order valence-corrected chi connectivity index (χ0v) is 10.4. The fourth-order valence-electron chi connectivity index (χ4n) is 1.67. The van der Waals surface area contributed by atoms with E-state index in [1.165, 1.54) is 18.2 Å². The van der Waals surface area contributed by atoms with Crippen LogP contribution in [-0.4, -0.2) is 5.11 Å². The summed E-state index contributed by atoms with van der Waals surface area (Å²) in [7, 11) is 0. The summed E-state index contributed by atoms with van der Waals surface area (Å²) >= 11 is 0. The first-order valence-electron chi connectivity index (χ1n) is 5.78. The van der Waals surface area contributed by atoms with Crippen LogP contribution in [0.2, 0.25) is 0 Å². The summed E-state index contributed by atoms with van der Waals surface area (Å²) in [6.45, 7) is 3.57. The van der Waals surface area contributed by atoms with E-state index in [9.17, 15) is 9.50 Å². The maximum absolute atomic E-state index is 13.1. The molecule has 94 valence electrons. The van der Waals surface area contributed by atoms with Crippen LogP contribution in [0, 0.1) is 12.7 Å². The van der Waals surface area contributed by atoms with Gasteiger partial charge in [0.2, 0.25) is 0 Å². The lowest BCUT2D eigenvalue weighted by atomic mass is 10.1. The molecule has 1 N–H and O–H groups in total. The number of aliphatic hydroxyl groups excluding tert-OH is 1. The van der Waals surface area contributed by atoms with E-state index in [2.05, 4.69) is 0 Å². The maximum atomic E-state index is 13.1. The minimum Gasteiger partial charge on any atom is -0.457 e. The number of ether oxygens (including phenoxy) is 1. The summed E-state index contributed by atoms with van der Waals surface area (Å²) in [5.74, 6) is 0.742. The molecule has 0 radical (unpaired) electrons. The molecule has 0 saturated carbocycles. The molecule has 0 spiro atoms. The Labute approximate surface area is 106 Å². The number of aliphatic hydroxyl groups is 1. The SMILES string of the molecule is Cc1ccc(Oc2ccc(F)cc2[C@@H](C)O)cc1. The second-order valence-electron chi connectivity index (χ2n) is 4.27. The van der Waals surface area contributed by atoms with Crippen molar-refractivity contribution >= 4 is 0 Å². The molecule has 2 rings (SSSR count). The minimum absolute atomic E-state index is 0.387. The largest absolute Gasteiger partial charge is 0.457 e. The fourth-order valence-corrected chi connectivity index (χ4v) is 1.67. The van der Waals surface area contributed by atoms with Crippen LogP contribution in [0.25, 0.3) is 0 Å². The summed E-state index contributed by atoms with van der Waals surface area (Å²) < 4.78 is 18.8. The van der Waals surface area contributed by atoms with Crippen molar-refractivity contribution in [2.24, 2.45) is 0 Å². The molecule has 0 saturated heterocycles. The first-order chi connectivity index (χ1) is 8.56. The number of benzene rings is 2. The lowest BCUT2D eigenvalue weighted by molar-refractivity contribution is 0.195. The van der Waals surface area contributed by atoms with Crippen LogP contribution in [0.4, 0.5) is 4.39 Å². The molecule has 0 unspecified atom stereocenters. The van der Waals surface area contributed by atoms with Gasteiger partial charge in [-0.2, -0.15) is 0 Å². The standard InChI is InChI=1S/C15H15FO2/c1-10-3-6-13(7-4-10)18-15-8-5-12(16)9-14(15)11(2)17/h3-9,11,17H,1-2H3/t11-/m1/s1. The van der Waals surface area contributed by atoms with E-state index in [4.69, 9.17) is 4.74 Å². The molecule has 2 nitrogen and oxygen atoms in total. The lowest BCUT2D eigenvalue weighted by Crippen LogP contribution is -1.97. The number of rotatable bonds is 3. The Hall–Kier alpha value is -1.87. The normalized spacial score (nSPS) is 12.2. The molecule has 0 aliphatic heterocycles. The van der Waals surface area contributed by atoms with Crippen LogP contribution >= 0.6 is 0 Å². The molecule has 0 aliphatic rings. The zero-order chi connectivity index (χ0) is 13.1. The molecule has 0 fully saturated rings. The average molecular weight is 246 g/mol. The van der Waals surface area contributed by atoms with Gasteiger partial charge in [0, 0.05) is 5.56 Å². The second kappa shape index (κ2) is 5.19. The third kappa shape index (κ3) is 2.87. The van der Waals surface area contributed by atoms with E-state index in [1.54, 1.807) is 6.92 Å². The molecule has 1 atom stereocenters. The molecular formula is C15H15FO2. The smallest absolute Gasteiger partial charge is 0.133 e. The van der Waals surface area contributed by atoms with Gasteiger partial charge in [0.1, 0.15) is 17.3 Å². The zero-order valence-electron chi connectivity index (χ0n) is 10.4. The van der Waals surface area contributed by atoms with Crippen LogP contribution < -0.4 is 4.74 Å². The van der Waals surface area contributed by atoms with E-state index in [-0.39, 0.29) is 5.82 Å². The van der Waals surface area contributed by atoms with Crippen molar-refractivity contribution in [3.8, 4) is 11.5 Å². The van der Waals surface area contributed by atoms with Gasteiger partial charge < -0.3 is 9.84 Å². The van der Waals surface area contributed by atoms with E-state index in [0.717, 1.165) is 5.56 Å². The molecule has 2 aromatic carbocycles. The predicted octanol–water partition coefficient (Wildman–Crippen LogP) is 3.98. The van der Waals surface area contributed by atoms with Crippen molar-refractivity contribution in [2.75, 3.05) is 0 Å². The topological polar surface area (TPSA) is 29.5 Å². The quantitative estimate of drug-likeness (QED) is 0.887. The summed E-state index contributed by atoms with van der Waals surface area (Å²) in [4.78, 5) is 0. The van der Waals surface area contributed by atoms with E-state index < -0.39 is 6.10 Å². The molecule has 0 amide bonds. The summed E-state index contributed by atoms with van der Waals surface area (Å²) in [6.07, 6.45) is -0.777. The maximum Gasteiger partial charge on any atom is 0.133 e. The highest BCUT2D eigenvalue weighted by molar-refractivity contribution is 5.39. The van der Waals surface area contributed by atoms with Crippen LogP contribution in [0.1, 0.15) is 24.2 Å². The third-order valence-electron chi connectivity index (χ3n) is 2.67. The monoisotopic (exact) mass is 246 g/mol. The lowest BCUT2D eigenvalue weighted by Gasteiger charge is -2.13. The Morgan fingerprint density at radius 2 is 1.78 bits per heavy atom. The molecule has 0 aliphatic carbocycles. The number of hydrogen-bond donors (Lipinski definition) is 1. The predicted molar refractivity (Wildman–Crippen MR) is 68.3 cm³/mol. The Kier molecular flexibility index (Phi) is 3.63. The average Bonchev–Trinajstić information content (AvgIpc) is 2.34. The van der Waals surface area contributed by atoms with Gasteiger partial charge in [-0.15, -0.1) is 0 Å². The van der Waals surface area contributed by atoms with Crippen molar-refractivity contribution in [3.63, 3.8) is 0 Å². The summed E-state index contributed by atoms with van der Waals surface area (Å²) in [5, 5.41) is 9.60. The molecule has 0 bridgehead atoms. The number of hydrogen-bond acceptors (Lipinski definition) is 2. The van der Waals surface area contributed by atoms with Gasteiger partial charge in [-0.25, -0.2) is 4.39 Å². The third-order valence-corrected chi connectivity index (χ3v) is 2.67. The van der Waals surface area contributed by atoms with Crippen LogP contribution in [0.5, 0.6) is 11.5 Å². The van der Waals surface area contributed by atoms with Crippen LogP contribution in [0.15, 0.2) is 42.5 Å². The molecule has 18 heavy (non-hydrogen) atoms. The number of halogens is 1. The Balaban J connectivity index is 2.31. The van der Waals surface area contributed by atoms with Gasteiger partial charge >= 0.3 is 0 Å². The Bertz CT molecular complexity index is 533. The van der Waals surface area contributed by atoms with Crippen LogP contribution in [-0.2, 0) is 0 Å². The van der Waals surface area contributed by atoms with Crippen molar-refractivity contribution in [3.05, 3.63) is 59.4 Å². The van der Waals surface area contributed by atoms with Crippen molar-refractivity contribution in [1.82, 2.24) is 0 Å². The minimum atomic E-state index is -0.777. The van der Waals surface area contributed by atoms with Gasteiger partial charge in [-0.1, -0.05) is 17.7 Å². The first kappa shape index (κ1) is 12.6. The highest BCUT2D eigenvalue weighted by Gasteiger charge is 2.11. The Morgan fingerprint density at radius 3 is 2.39 bits per heavy atom. The highest BCUT2D eigenvalue weighted by atomic mass is 19.1. The van der Waals surface area contributed by atoms with E-state index in [0.29, 0.717) is 17.1 Å². The van der Waals surface area contributed by atoms with Crippen molar-refractivity contribution in [1.29, 1.82) is 0 Å². The van der Waals surface area contributed by atoms with Gasteiger partial charge in [0.25, 0.3) is 0 Å². The van der Waals surface area contributed by atoms with Gasteiger partial charge in [0.15, 0.2) is 0 Å². The molecule has 3 heteroatoms. The van der Waals surface area contributed by atoms with E-state index >= 15 is 0 Å².